The third kappa shape index (κ3) is 2.12. The van der Waals surface area contributed by atoms with Crippen molar-refractivity contribution >= 4 is 24.2 Å². The Kier molecular flexibility index (Phi) is 4.06. The van der Waals surface area contributed by atoms with E-state index in [4.69, 9.17) is 10.5 Å². The minimum Gasteiger partial charge on any atom is -0.382 e. The molecule has 0 radical (unpaired) electrons. The summed E-state index contributed by atoms with van der Waals surface area (Å²) in [6.07, 6.45) is 3.17. The summed E-state index contributed by atoms with van der Waals surface area (Å²) in [7, 11) is 3.30. The van der Waals surface area contributed by atoms with E-state index in [0.717, 1.165) is 12.8 Å². The number of hydrogen-bond acceptors (Lipinski definition) is 4. The molecule has 22 heavy (non-hydrogen) atoms. The number of fused-ring (bicyclic) bond motifs is 2. The number of methoxy groups -OCH3 is 1. The number of nitrogens with two attached hydrogens (primary N) is 1. The fourth-order valence-corrected chi connectivity index (χ4v) is 3.22. The molecule has 1 spiro atoms. The highest BCUT2D eigenvalue weighted by Gasteiger charge is 2.57. The van der Waals surface area contributed by atoms with E-state index < -0.39 is 11.3 Å². The first-order valence-corrected chi connectivity index (χ1v) is 6.75. The zero-order chi connectivity index (χ0) is 15.4. The van der Waals surface area contributed by atoms with Crippen molar-refractivity contribution in [2.45, 2.75) is 24.4 Å². The number of aromatic nitrogens is 1. The van der Waals surface area contributed by atoms with Crippen LogP contribution in [0.1, 0.15) is 33.7 Å². The summed E-state index contributed by atoms with van der Waals surface area (Å²) in [6.45, 7) is 0.402. The Balaban J connectivity index is 0.00000176. The van der Waals surface area contributed by atoms with Gasteiger partial charge in [0.2, 0.25) is 0 Å². The van der Waals surface area contributed by atoms with E-state index in [1.807, 2.05) is 0 Å². The van der Waals surface area contributed by atoms with Crippen LogP contribution in [0.3, 0.4) is 0 Å². The van der Waals surface area contributed by atoms with Gasteiger partial charge in [-0.05, 0) is 12.8 Å². The van der Waals surface area contributed by atoms with E-state index in [2.05, 4.69) is 0 Å². The van der Waals surface area contributed by atoms with Crippen LogP contribution in [0, 0.1) is 0 Å². The van der Waals surface area contributed by atoms with Gasteiger partial charge in [-0.1, -0.05) is 0 Å². The van der Waals surface area contributed by atoms with E-state index >= 15 is 0 Å². The predicted molar refractivity (Wildman–Crippen MR) is 81.4 cm³/mol. The topological polar surface area (TPSA) is 94.6 Å². The fraction of sp³-hybridized carbons (Fsp3) is 0.500. The molecule has 1 saturated carbocycles. The molecular formula is C14H18ClN3O4. The van der Waals surface area contributed by atoms with Crippen LogP contribution in [0.2, 0.25) is 0 Å². The summed E-state index contributed by atoms with van der Waals surface area (Å²) >= 11 is 0. The molecule has 0 bridgehead atoms. The molecule has 1 fully saturated rings. The second kappa shape index (κ2) is 5.40. The number of carbonyl (C=O) groups is 2. The van der Waals surface area contributed by atoms with E-state index in [1.165, 1.54) is 12.3 Å². The molecule has 0 aromatic carbocycles. The average molecular weight is 328 g/mol. The maximum atomic E-state index is 12.4. The number of halogens is 1. The van der Waals surface area contributed by atoms with Crippen molar-refractivity contribution in [1.29, 1.82) is 0 Å². The lowest BCUT2D eigenvalue weighted by molar-refractivity contribution is 0.0325. The van der Waals surface area contributed by atoms with Crippen molar-refractivity contribution in [3.8, 4) is 0 Å². The van der Waals surface area contributed by atoms with Crippen molar-refractivity contribution in [1.82, 2.24) is 9.47 Å². The lowest BCUT2D eigenvalue weighted by atomic mass is 9.99. The quantitative estimate of drug-likeness (QED) is 0.842. The summed E-state index contributed by atoms with van der Waals surface area (Å²) < 4.78 is 6.98. The molecule has 2 heterocycles. The van der Waals surface area contributed by atoms with Gasteiger partial charge < -0.3 is 19.9 Å². The second-order valence-electron chi connectivity index (χ2n) is 5.66. The van der Waals surface area contributed by atoms with Crippen LogP contribution in [0.4, 0.5) is 0 Å². The molecule has 1 atom stereocenters. The first-order valence-electron chi connectivity index (χ1n) is 6.75. The standard InChI is InChI=1S/C14H17N3O4.ClH/c1-16-11(7-21-2)14(3-4-14)17-6-8(12(15)19)10(18)5-9(17)13(16)20;/h5-6,11H,3-4,7H2,1-2H3,(H2,15,19);1H. The number of pyridine rings is 1. The smallest absolute Gasteiger partial charge is 0.270 e. The van der Waals surface area contributed by atoms with Crippen molar-refractivity contribution in [3.05, 3.63) is 33.7 Å². The third-order valence-corrected chi connectivity index (χ3v) is 4.51. The minimum atomic E-state index is -0.777. The van der Waals surface area contributed by atoms with E-state index in [0.29, 0.717) is 12.3 Å². The van der Waals surface area contributed by atoms with Gasteiger partial charge in [0.1, 0.15) is 11.3 Å². The first kappa shape index (κ1) is 16.5. The maximum absolute atomic E-state index is 12.4. The third-order valence-electron chi connectivity index (χ3n) is 4.51. The molecule has 120 valence electrons. The van der Waals surface area contributed by atoms with Crippen LogP contribution >= 0.6 is 12.4 Å². The number of rotatable bonds is 3. The lowest BCUT2D eigenvalue weighted by Gasteiger charge is -2.42. The minimum absolute atomic E-state index is 0. The van der Waals surface area contributed by atoms with Gasteiger partial charge in [-0.25, -0.2) is 0 Å². The van der Waals surface area contributed by atoms with Crippen LogP contribution in [0.15, 0.2) is 17.1 Å². The van der Waals surface area contributed by atoms with Gasteiger partial charge in [0.05, 0.1) is 18.2 Å². The molecule has 1 aliphatic heterocycles. The van der Waals surface area contributed by atoms with E-state index in [1.54, 1.807) is 23.6 Å². The van der Waals surface area contributed by atoms with Crippen molar-refractivity contribution < 1.29 is 14.3 Å². The van der Waals surface area contributed by atoms with Gasteiger partial charge in [0.15, 0.2) is 5.43 Å². The molecule has 7 nitrogen and oxygen atoms in total. The van der Waals surface area contributed by atoms with Gasteiger partial charge in [-0.3, -0.25) is 14.4 Å². The Morgan fingerprint density at radius 1 is 1.45 bits per heavy atom. The Morgan fingerprint density at radius 3 is 2.59 bits per heavy atom. The van der Waals surface area contributed by atoms with E-state index in [9.17, 15) is 14.4 Å². The number of ether oxygens (including phenoxy) is 1. The Bertz CT molecular complexity index is 696. The molecule has 1 aliphatic carbocycles. The highest BCUT2D eigenvalue weighted by molar-refractivity contribution is 5.96. The summed E-state index contributed by atoms with van der Waals surface area (Å²) in [5.74, 6) is -1.02. The SMILES string of the molecule is COCC1N(C)C(=O)c2cc(=O)c(C(N)=O)cn2C12CC2.Cl. The fourth-order valence-electron chi connectivity index (χ4n) is 3.22. The van der Waals surface area contributed by atoms with Gasteiger partial charge in [0.25, 0.3) is 11.8 Å². The van der Waals surface area contributed by atoms with Gasteiger partial charge in [0, 0.05) is 26.4 Å². The molecule has 1 aromatic heterocycles. The van der Waals surface area contributed by atoms with Crippen molar-refractivity contribution in [2.24, 2.45) is 5.73 Å². The number of likely N-dealkylation sites (N-methyl/N-ethyl adjacent to an activating group) is 1. The monoisotopic (exact) mass is 327 g/mol. The maximum Gasteiger partial charge on any atom is 0.270 e. The second-order valence-corrected chi connectivity index (χ2v) is 5.66. The highest BCUT2D eigenvalue weighted by Crippen LogP contribution is 2.51. The van der Waals surface area contributed by atoms with Crippen LogP contribution in [0.25, 0.3) is 0 Å². The summed E-state index contributed by atoms with van der Waals surface area (Å²) in [5.41, 5.74) is 4.64. The largest absolute Gasteiger partial charge is 0.382 e. The summed E-state index contributed by atoms with van der Waals surface area (Å²) in [6, 6.07) is 1.09. The molecule has 2 amide bonds. The molecule has 2 aliphatic rings. The summed E-state index contributed by atoms with van der Waals surface area (Å²) in [5, 5.41) is 0. The molecule has 1 aromatic rings. The number of nitrogens with zero attached hydrogens (tertiary/aromatic N) is 2. The molecule has 8 heteroatoms. The van der Waals surface area contributed by atoms with Crippen molar-refractivity contribution in [3.63, 3.8) is 0 Å². The molecule has 1 unspecified atom stereocenters. The molecular weight excluding hydrogens is 310 g/mol. The molecule has 2 N–H and O–H groups in total. The van der Waals surface area contributed by atoms with Gasteiger partial charge in [-0.2, -0.15) is 0 Å². The number of carbonyl (C=O) groups excluding carboxylic acids is 2. The van der Waals surface area contributed by atoms with Crippen LogP contribution in [-0.4, -0.2) is 48.1 Å². The first-order chi connectivity index (χ1) is 9.92. The Labute approximate surface area is 133 Å². The molecule has 3 rings (SSSR count). The zero-order valence-electron chi connectivity index (χ0n) is 12.4. The number of primary amides is 1. The number of amides is 2. The Morgan fingerprint density at radius 2 is 2.09 bits per heavy atom. The van der Waals surface area contributed by atoms with Crippen LogP contribution in [-0.2, 0) is 10.3 Å². The van der Waals surface area contributed by atoms with Gasteiger partial charge >= 0.3 is 0 Å². The van der Waals surface area contributed by atoms with Crippen LogP contribution < -0.4 is 11.2 Å². The zero-order valence-corrected chi connectivity index (χ0v) is 13.2. The van der Waals surface area contributed by atoms with Gasteiger partial charge in [-0.15, -0.1) is 12.4 Å². The Hall–Kier alpha value is -1.86. The predicted octanol–water partition coefficient (Wildman–Crippen LogP) is -0.0413. The number of hydrogen-bond donors (Lipinski definition) is 1. The normalized spacial score (nSPS) is 21.3. The van der Waals surface area contributed by atoms with Crippen molar-refractivity contribution in [2.75, 3.05) is 20.8 Å². The average Bonchev–Trinajstić information content (AvgIpc) is 3.22. The van der Waals surface area contributed by atoms with E-state index in [-0.39, 0.29) is 35.5 Å². The highest BCUT2D eigenvalue weighted by atomic mass is 35.5. The summed E-state index contributed by atoms with van der Waals surface area (Å²) in [4.78, 5) is 37.4. The van der Waals surface area contributed by atoms with Crippen LogP contribution in [0.5, 0.6) is 0 Å². The molecule has 0 saturated heterocycles. The lowest BCUT2D eigenvalue weighted by Crippen LogP contribution is -2.56.